The van der Waals surface area contributed by atoms with Gasteiger partial charge < -0.3 is 25.2 Å². The smallest absolute Gasteiger partial charge is 0.249 e. The summed E-state index contributed by atoms with van der Waals surface area (Å²) in [5, 5.41) is 6.32. The molecule has 1 heterocycles. The van der Waals surface area contributed by atoms with Gasteiger partial charge in [-0.2, -0.15) is 0 Å². The minimum atomic E-state index is -0.767. The summed E-state index contributed by atoms with van der Waals surface area (Å²) < 4.78 is 5.38. The number of ether oxygens (including phenoxy) is 1. The fourth-order valence-corrected chi connectivity index (χ4v) is 5.45. The van der Waals surface area contributed by atoms with Crippen molar-refractivity contribution >= 4 is 17.7 Å². The van der Waals surface area contributed by atoms with Crippen LogP contribution in [0.15, 0.2) is 29.8 Å². The van der Waals surface area contributed by atoms with Crippen molar-refractivity contribution in [2.75, 3.05) is 40.4 Å². The quantitative estimate of drug-likeness (QED) is 0.415. The van der Waals surface area contributed by atoms with Crippen LogP contribution in [-0.4, -0.2) is 86.0 Å². The lowest BCUT2D eigenvalue weighted by Crippen LogP contribution is -2.61. The van der Waals surface area contributed by atoms with Gasteiger partial charge in [0.2, 0.25) is 17.7 Å². The van der Waals surface area contributed by atoms with Crippen LogP contribution in [0.25, 0.3) is 0 Å². The van der Waals surface area contributed by atoms with Gasteiger partial charge in [0.1, 0.15) is 6.04 Å². The molecule has 2 N–H and O–H groups in total. The van der Waals surface area contributed by atoms with E-state index >= 15 is 0 Å². The number of hydrogen-bond donors (Lipinski definition) is 2. The molecule has 1 aromatic carbocycles. The zero-order valence-corrected chi connectivity index (χ0v) is 27.5. The molecule has 0 saturated carbocycles. The SMILES string of the molecule is CN[C@@H](C(=O)N[C@H](C(=O)N(C)[C@H](/C=C(\C)C(=O)N1CCOCC1)C(C)C)C(C)(C)C)C(C)(C)c1ccc(C)c(C)c1. The van der Waals surface area contributed by atoms with Crippen LogP contribution in [-0.2, 0) is 24.5 Å². The van der Waals surface area contributed by atoms with Gasteiger partial charge in [0.05, 0.1) is 25.3 Å². The van der Waals surface area contributed by atoms with E-state index in [1.165, 1.54) is 11.1 Å². The van der Waals surface area contributed by atoms with Crippen LogP contribution in [0.1, 0.15) is 72.1 Å². The number of morpholine rings is 1. The number of nitrogens with zero attached hydrogens (tertiary/aromatic N) is 2. The third-order valence-electron chi connectivity index (χ3n) is 8.46. The van der Waals surface area contributed by atoms with Crippen molar-refractivity contribution < 1.29 is 19.1 Å². The Morgan fingerprint density at radius 3 is 2.07 bits per heavy atom. The molecule has 230 valence electrons. The van der Waals surface area contributed by atoms with Crippen LogP contribution in [0.2, 0.25) is 0 Å². The maximum Gasteiger partial charge on any atom is 0.249 e. The lowest BCUT2D eigenvalue weighted by molar-refractivity contribution is -0.141. The maximum atomic E-state index is 14.1. The van der Waals surface area contributed by atoms with Crippen molar-refractivity contribution in [1.29, 1.82) is 0 Å². The topological polar surface area (TPSA) is 91.0 Å². The van der Waals surface area contributed by atoms with Gasteiger partial charge in [-0.1, -0.05) is 72.7 Å². The Balaban J connectivity index is 2.33. The van der Waals surface area contributed by atoms with E-state index < -0.39 is 22.9 Å². The first-order chi connectivity index (χ1) is 18.9. The van der Waals surface area contributed by atoms with Crippen LogP contribution in [0.4, 0.5) is 0 Å². The molecule has 3 atom stereocenters. The number of nitrogens with one attached hydrogen (secondary N) is 2. The van der Waals surface area contributed by atoms with Gasteiger partial charge in [0.15, 0.2) is 0 Å². The molecule has 2 rings (SSSR count). The number of rotatable bonds is 10. The highest BCUT2D eigenvalue weighted by Crippen LogP contribution is 2.30. The van der Waals surface area contributed by atoms with Gasteiger partial charge in [-0.05, 0) is 55.8 Å². The third kappa shape index (κ3) is 8.41. The molecule has 0 bridgehead atoms. The average molecular weight is 571 g/mol. The Kier molecular flexibility index (Phi) is 11.8. The first-order valence-corrected chi connectivity index (χ1v) is 14.8. The number of carbonyl (C=O) groups is 3. The third-order valence-corrected chi connectivity index (χ3v) is 8.46. The Hall–Kier alpha value is -2.71. The van der Waals surface area contributed by atoms with Crippen molar-refractivity contribution in [2.45, 2.75) is 92.8 Å². The highest BCUT2D eigenvalue weighted by molar-refractivity contribution is 5.94. The molecule has 8 nitrogen and oxygen atoms in total. The second-order valence-electron chi connectivity index (χ2n) is 13.5. The molecule has 8 heteroatoms. The predicted molar refractivity (Wildman–Crippen MR) is 166 cm³/mol. The van der Waals surface area contributed by atoms with Crippen molar-refractivity contribution in [3.05, 3.63) is 46.5 Å². The van der Waals surface area contributed by atoms with Gasteiger partial charge in [-0.25, -0.2) is 0 Å². The second kappa shape index (κ2) is 14.0. The Bertz CT molecular complexity index is 1110. The Labute approximate surface area is 248 Å². The molecule has 3 amide bonds. The number of amides is 3. The van der Waals surface area contributed by atoms with Crippen molar-refractivity contribution in [3.8, 4) is 0 Å². The average Bonchev–Trinajstić information content (AvgIpc) is 2.90. The normalized spacial score (nSPS) is 17.2. The van der Waals surface area contributed by atoms with E-state index in [0.29, 0.717) is 31.9 Å². The second-order valence-corrected chi connectivity index (χ2v) is 13.5. The predicted octanol–water partition coefficient (Wildman–Crippen LogP) is 3.99. The van der Waals surface area contributed by atoms with E-state index in [9.17, 15) is 14.4 Å². The largest absolute Gasteiger partial charge is 0.378 e. The summed E-state index contributed by atoms with van der Waals surface area (Å²) in [5.41, 5.74) is 2.95. The summed E-state index contributed by atoms with van der Waals surface area (Å²) in [4.78, 5) is 44.5. The van der Waals surface area contributed by atoms with Gasteiger partial charge in [-0.3, -0.25) is 14.4 Å². The number of likely N-dealkylation sites (N-methyl/N-ethyl adjacent to an activating group) is 2. The molecular formula is C33H54N4O4. The molecule has 0 aliphatic carbocycles. The molecule has 0 unspecified atom stereocenters. The van der Waals surface area contributed by atoms with Crippen molar-refractivity contribution in [3.63, 3.8) is 0 Å². The standard InChI is InChI=1S/C33H54N4O4/c1-21(2)26(20-24(5)30(39)37-15-17-41-18-16-37)36(12)31(40)28(32(6,7)8)35-29(38)27(34-11)33(9,10)25-14-13-22(3)23(4)19-25/h13-14,19-21,26-28,34H,15-18H2,1-12H3,(H,35,38)/b24-20+/t26-,27+,28-/m1/s1. The zero-order chi connectivity index (χ0) is 31.3. The van der Waals surface area contributed by atoms with E-state index in [1.807, 2.05) is 54.5 Å². The van der Waals surface area contributed by atoms with Crippen LogP contribution in [0.5, 0.6) is 0 Å². The van der Waals surface area contributed by atoms with E-state index in [4.69, 9.17) is 4.74 Å². The molecule has 1 fully saturated rings. The number of aryl methyl sites for hydroxylation is 2. The highest BCUT2D eigenvalue weighted by atomic mass is 16.5. The van der Waals surface area contributed by atoms with E-state index in [2.05, 4.69) is 42.7 Å². The van der Waals surface area contributed by atoms with Gasteiger partial charge >= 0.3 is 0 Å². The molecule has 1 aliphatic rings. The Morgan fingerprint density at radius 1 is 1.00 bits per heavy atom. The first-order valence-electron chi connectivity index (χ1n) is 14.8. The van der Waals surface area contributed by atoms with E-state index in [-0.39, 0.29) is 29.7 Å². The van der Waals surface area contributed by atoms with Crippen LogP contribution in [0.3, 0.4) is 0 Å². The van der Waals surface area contributed by atoms with Crippen LogP contribution < -0.4 is 10.6 Å². The summed E-state index contributed by atoms with van der Waals surface area (Å²) in [6.07, 6.45) is 1.89. The zero-order valence-electron chi connectivity index (χ0n) is 27.5. The molecule has 1 saturated heterocycles. The van der Waals surface area contributed by atoms with Crippen molar-refractivity contribution in [2.24, 2.45) is 11.3 Å². The number of benzene rings is 1. The van der Waals surface area contributed by atoms with Crippen LogP contribution >= 0.6 is 0 Å². The molecule has 1 aromatic rings. The van der Waals surface area contributed by atoms with Gasteiger partial charge in [0, 0.05) is 31.1 Å². The molecule has 0 radical (unpaired) electrons. The first kappa shape index (κ1) is 34.5. The molecule has 0 spiro atoms. The Morgan fingerprint density at radius 2 is 1.59 bits per heavy atom. The summed E-state index contributed by atoms with van der Waals surface area (Å²) in [6, 6.07) is 4.63. The minimum absolute atomic E-state index is 0.0362. The number of carbonyl (C=O) groups excluding carboxylic acids is 3. The number of hydrogen-bond acceptors (Lipinski definition) is 5. The van der Waals surface area contributed by atoms with Gasteiger partial charge in [0.25, 0.3) is 0 Å². The lowest BCUT2D eigenvalue weighted by atomic mass is 9.76. The molecular weight excluding hydrogens is 516 g/mol. The fraction of sp³-hybridized carbons (Fsp3) is 0.667. The van der Waals surface area contributed by atoms with Crippen molar-refractivity contribution in [1.82, 2.24) is 20.4 Å². The molecule has 41 heavy (non-hydrogen) atoms. The minimum Gasteiger partial charge on any atom is -0.378 e. The summed E-state index contributed by atoms with van der Waals surface area (Å²) in [7, 11) is 3.54. The molecule has 1 aliphatic heterocycles. The molecule has 0 aromatic heterocycles. The summed E-state index contributed by atoms with van der Waals surface area (Å²) in [5.74, 6) is -0.397. The fourth-order valence-electron chi connectivity index (χ4n) is 5.45. The van der Waals surface area contributed by atoms with Gasteiger partial charge in [-0.15, -0.1) is 0 Å². The monoisotopic (exact) mass is 570 g/mol. The van der Waals surface area contributed by atoms with E-state index in [0.717, 1.165) is 5.56 Å². The lowest BCUT2D eigenvalue weighted by Gasteiger charge is -2.40. The van der Waals surface area contributed by atoms with E-state index in [1.54, 1.807) is 30.8 Å². The summed E-state index contributed by atoms with van der Waals surface area (Å²) >= 11 is 0. The van der Waals surface area contributed by atoms with Crippen LogP contribution in [0, 0.1) is 25.2 Å². The highest BCUT2D eigenvalue weighted by Gasteiger charge is 2.41. The maximum absolute atomic E-state index is 14.1. The summed E-state index contributed by atoms with van der Waals surface area (Å²) in [6.45, 7) is 22.2.